The third-order valence-corrected chi connectivity index (χ3v) is 5.42. The van der Waals surface area contributed by atoms with E-state index in [1.807, 2.05) is 0 Å². The van der Waals surface area contributed by atoms with Crippen LogP contribution in [0.3, 0.4) is 0 Å². The Balaban J connectivity index is 2.02. The van der Waals surface area contributed by atoms with E-state index in [-0.39, 0.29) is 39.1 Å². The zero-order valence-electron chi connectivity index (χ0n) is 16.8. The van der Waals surface area contributed by atoms with Crippen molar-refractivity contribution in [1.29, 1.82) is 0 Å². The van der Waals surface area contributed by atoms with Crippen molar-refractivity contribution >= 4 is 34.7 Å². The van der Waals surface area contributed by atoms with Gasteiger partial charge in [0.15, 0.2) is 0 Å². The maximum Gasteiger partial charge on any atom is 0.300 e. The molecule has 32 heavy (non-hydrogen) atoms. The van der Waals surface area contributed by atoms with Crippen molar-refractivity contribution < 1.29 is 29.6 Å². The molecule has 1 atom stereocenters. The van der Waals surface area contributed by atoms with E-state index >= 15 is 0 Å². The summed E-state index contributed by atoms with van der Waals surface area (Å²) in [6, 6.07) is 15.4. The summed E-state index contributed by atoms with van der Waals surface area (Å²) in [5, 5.41) is 31.9. The molecule has 8 heteroatoms. The molecule has 7 nitrogen and oxygen atoms in total. The molecule has 0 radical (unpaired) electrons. The van der Waals surface area contributed by atoms with Crippen LogP contribution in [0.25, 0.3) is 5.76 Å². The zero-order chi connectivity index (χ0) is 23.0. The van der Waals surface area contributed by atoms with Crippen LogP contribution in [-0.4, -0.2) is 34.1 Å². The highest BCUT2D eigenvalue weighted by Crippen LogP contribution is 2.46. The first-order chi connectivity index (χ1) is 15.3. The largest absolute Gasteiger partial charge is 0.508 e. The van der Waals surface area contributed by atoms with Crippen LogP contribution in [0.15, 0.2) is 72.3 Å². The lowest BCUT2D eigenvalue weighted by molar-refractivity contribution is -0.132. The molecule has 1 heterocycles. The van der Waals surface area contributed by atoms with Gasteiger partial charge in [0.25, 0.3) is 11.7 Å². The first-order valence-corrected chi connectivity index (χ1v) is 9.93. The Hall–Kier alpha value is -3.97. The van der Waals surface area contributed by atoms with Crippen LogP contribution in [0, 0.1) is 0 Å². The first kappa shape index (κ1) is 21.3. The third kappa shape index (κ3) is 3.52. The number of hydrogen-bond donors (Lipinski definition) is 3. The van der Waals surface area contributed by atoms with Crippen LogP contribution in [0.2, 0.25) is 5.02 Å². The van der Waals surface area contributed by atoms with E-state index in [4.69, 9.17) is 16.3 Å². The van der Waals surface area contributed by atoms with Gasteiger partial charge in [-0.05, 0) is 48.0 Å². The summed E-state index contributed by atoms with van der Waals surface area (Å²) < 4.78 is 5.29. The van der Waals surface area contributed by atoms with Gasteiger partial charge in [0, 0.05) is 5.02 Å². The van der Waals surface area contributed by atoms with Crippen LogP contribution >= 0.6 is 11.6 Å². The number of Topliss-reactive ketones (excluding diaryl/α,β-unsaturated/α-hetero) is 1. The van der Waals surface area contributed by atoms with Gasteiger partial charge in [-0.2, -0.15) is 0 Å². The molecule has 1 aliphatic heterocycles. The fraction of sp³-hybridized carbons (Fsp3) is 0.0833. The number of ketones is 1. The Labute approximate surface area is 188 Å². The van der Waals surface area contributed by atoms with Gasteiger partial charge in [-0.25, -0.2) is 0 Å². The number of ether oxygens (including phenoxy) is 1. The molecule has 1 amide bonds. The normalized spacial score (nSPS) is 17.6. The van der Waals surface area contributed by atoms with Gasteiger partial charge in [-0.3, -0.25) is 14.5 Å². The van der Waals surface area contributed by atoms with Gasteiger partial charge in [0.2, 0.25) is 0 Å². The third-order valence-electron chi connectivity index (χ3n) is 5.19. The molecule has 3 aromatic carbocycles. The summed E-state index contributed by atoms with van der Waals surface area (Å²) in [5.74, 6) is -2.46. The van der Waals surface area contributed by atoms with Gasteiger partial charge in [0.05, 0.1) is 30.0 Å². The average molecular weight is 452 g/mol. The van der Waals surface area contributed by atoms with E-state index in [0.29, 0.717) is 5.56 Å². The second-order valence-corrected chi connectivity index (χ2v) is 7.53. The molecule has 0 aromatic heterocycles. The number of halogens is 1. The number of para-hydroxylation sites is 2. The quantitative estimate of drug-likeness (QED) is 0.308. The summed E-state index contributed by atoms with van der Waals surface area (Å²) in [4.78, 5) is 27.3. The molecule has 0 saturated carbocycles. The van der Waals surface area contributed by atoms with Crippen molar-refractivity contribution in [1.82, 2.24) is 0 Å². The fourth-order valence-electron chi connectivity index (χ4n) is 3.77. The highest BCUT2D eigenvalue weighted by molar-refractivity contribution is 6.52. The van der Waals surface area contributed by atoms with Gasteiger partial charge in [-0.1, -0.05) is 35.9 Å². The zero-order valence-corrected chi connectivity index (χ0v) is 17.6. The lowest BCUT2D eigenvalue weighted by atomic mass is 9.94. The van der Waals surface area contributed by atoms with E-state index in [1.54, 1.807) is 30.3 Å². The van der Waals surface area contributed by atoms with E-state index in [1.165, 1.54) is 43.5 Å². The number of hydrogen-bond acceptors (Lipinski definition) is 6. The molecule has 1 aliphatic rings. The van der Waals surface area contributed by atoms with E-state index < -0.39 is 23.5 Å². The predicted octanol–water partition coefficient (Wildman–Crippen LogP) is 4.39. The summed E-state index contributed by atoms with van der Waals surface area (Å²) in [6.07, 6.45) is 0. The smallest absolute Gasteiger partial charge is 0.300 e. The molecule has 1 saturated heterocycles. The molecular weight excluding hydrogens is 434 g/mol. The van der Waals surface area contributed by atoms with Crippen molar-refractivity contribution in [2.45, 2.75) is 6.04 Å². The highest BCUT2D eigenvalue weighted by Gasteiger charge is 2.48. The van der Waals surface area contributed by atoms with E-state index in [2.05, 4.69) is 0 Å². The number of aromatic hydroxyl groups is 2. The summed E-state index contributed by atoms with van der Waals surface area (Å²) in [6.45, 7) is 0. The molecule has 3 aromatic rings. The minimum Gasteiger partial charge on any atom is -0.508 e. The highest BCUT2D eigenvalue weighted by atomic mass is 35.5. The lowest BCUT2D eigenvalue weighted by Crippen LogP contribution is -2.29. The number of benzene rings is 3. The van der Waals surface area contributed by atoms with Crippen LogP contribution in [0.1, 0.15) is 17.2 Å². The Morgan fingerprint density at radius 1 is 1.00 bits per heavy atom. The Morgan fingerprint density at radius 2 is 1.75 bits per heavy atom. The second-order valence-electron chi connectivity index (χ2n) is 7.10. The maximum atomic E-state index is 13.1. The molecule has 3 N–H and O–H groups in total. The van der Waals surface area contributed by atoms with Crippen LogP contribution in [-0.2, 0) is 9.59 Å². The topological polar surface area (TPSA) is 107 Å². The van der Waals surface area contributed by atoms with Crippen molar-refractivity contribution in [3.8, 4) is 17.2 Å². The van der Waals surface area contributed by atoms with Crippen molar-refractivity contribution in [3.63, 3.8) is 0 Å². The molecule has 162 valence electrons. The number of methoxy groups -OCH3 is 1. The molecule has 1 unspecified atom stereocenters. The first-order valence-electron chi connectivity index (χ1n) is 9.55. The average Bonchev–Trinajstić information content (AvgIpc) is 3.04. The molecule has 0 aliphatic carbocycles. The predicted molar refractivity (Wildman–Crippen MR) is 119 cm³/mol. The van der Waals surface area contributed by atoms with Crippen LogP contribution < -0.4 is 9.64 Å². The van der Waals surface area contributed by atoms with Gasteiger partial charge in [0.1, 0.15) is 23.0 Å². The number of aliphatic hydroxyl groups is 1. The summed E-state index contributed by atoms with van der Waals surface area (Å²) in [5.41, 5.74) is 0.333. The molecule has 4 rings (SSSR count). The number of phenolic OH excluding ortho intramolecular Hbond substituents is 2. The number of carbonyl (C=O) groups excluding carboxylic acids is 2. The Bertz CT molecular complexity index is 1270. The number of aliphatic hydroxyl groups excluding tert-OH is 1. The Kier molecular flexibility index (Phi) is 5.50. The lowest BCUT2D eigenvalue weighted by Gasteiger charge is -2.26. The number of phenols is 2. The fourth-order valence-corrected chi connectivity index (χ4v) is 3.94. The van der Waals surface area contributed by atoms with Crippen LogP contribution in [0.5, 0.6) is 17.2 Å². The number of anilines is 1. The molecule has 1 fully saturated rings. The minimum atomic E-state index is -1.13. The van der Waals surface area contributed by atoms with Crippen molar-refractivity contribution in [2.75, 3.05) is 12.0 Å². The Morgan fingerprint density at radius 3 is 2.44 bits per heavy atom. The summed E-state index contributed by atoms with van der Waals surface area (Å²) in [7, 11) is 1.40. The monoisotopic (exact) mass is 451 g/mol. The van der Waals surface area contributed by atoms with Gasteiger partial charge < -0.3 is 20.1 Å². The number of rotatable bonds is 4. The number of amides is 1. The van der Waals surface area contributed by atoms with Crippen molar-refractivity contribution in [3.05, 3.63) is 88.5 Å². The summed E-state index contributed by atoms with van der Waals surface area (Å²) >= 11 is 6.09. The van der Waals surface area contributed by atoms with Gasteiger partial charge >= 0.3 is 0 Å². The second kappa shape index (κ2) is 8.28. The maximum absolute atomic E-state index is 13.1. The van der Waals surface area contributed by atoms with Crippen molar-refractivity contribution in [2.24, 2.45) is 0 Å². The number of nitrogens with zero attached hydrogens (tertiary/aromatic N) is 1. The van der Waals surface area contributed by atoms with Gasteiger partial charge in [-0.15, -0.1) is 0 Å². The standard InChI is InChI=1S/C24H18ClNO6/c1-32-19-10-9-14(25)12-16(19)22(29)20-21(13-5-4-6-15(27)11-13)26(24(31)23(20)30)17-7-2-3-8-18(17)28/h2-12,21,27-29H,1H3/b22-20+. The molecule has 0 spiro atoms. The van der Waals surface area contributed by atoms with E-state index in [9.17, 15) is 24.9 Å². The SMILES string of the molecule is COc1ccc(Cl)cc1/C(O)=C1\C(=O)C(=O)N(c2ccccc2O)C1c1cccc(O)c1. The minimum absolute atomic E-state index is 0.0834. The molecular formula is C24H18ClNO6. The van der Waals surface area contributed by atoms with Crippen LogP contribution in [0.4, 0.5) is 5.69 Å². The molecule has 0 bridgehead atoms. The number of carbonyl (C=O) groups is 2. The van der Waals surface area contributed by atoms with E-state index in [0.717, 1.165) is 4.90 Å².